The van der Waals surface area contributed by atoms with Crippen LogP contribution in [0, 0.1) is 0 Å². The average molecular weight is 243 g/mol. The van der Waals surface area contributed by atoms with Crippen molar-refractivity contribution in [1.82, 2.24) is 5.32 Å². The number of rotatable bonds is 4. The van der Waals surface area contributed by atoms with Gasteiger partial charge in [-0.1, -0.05) is 30.3 Å². The van der Waals surface area contributed by atoms with Gasteiger partial charge in [-0.2, -0.15) is 0 Å². The smallest absolute Gasteiger partial charge is 0.188 e. The van der Waals surface area contributed by atoms with Gasteiger partial charge in [0.1, 0.15) is 12.4 Å². The molecule has 4 heteroatoms. The third-order valence-corrected chi connectivity index (χ3v) is 2.64. The van der Waals surface area contributed by atoms with Crippen molar-refractivity contribution >= 4 is 16.7 Å². The van der Waals surface area contributed by atoms with Crippen LogP contribution in [-0.2, 0) is 0 Å². The highest BCUT2D eigenvalue weighted by atomic mass is 16.5. The van der Waals surface area contributed by atoms with Crippen molar-refractivity contribution in [2.24, 2.45) is 10.7 Å². The Bertz CT molecular complexity index is 551. The topological polar surface area (TPSA) is 59.6 Å². The zero-order valence-electron chi connectivity index (χ0n) is 10.4. The molecule has 0 heterocycles. The number of fused-ring (bicyclic) bond motifs is 1. The zero-order chi connectivity index (χ0) is 12.8. The molecule has 2 aromatic carbocycles. The molecule has 94 valence electrons. The molecule has 0 aromatic heterocycles. The van der Waals surface area contributed by atoms with E-state index in [9.17, 15) is 0 Å². The molecule has 0 radical (unpaired) electrons. The summed E-state index contributed by atoms with van der Waals surface area (Å²) >= 11 is 0. The Labute approximate surface area is 106 Å². The van der Waals surface area contributed by atoms with Crippen molar-refractivity contribution < 1.29 is 4.74 Å². The van der Waals surface area contributed by atoms with E-state index in [0.29, 0.717) is 19.1 Å². The second-order valence-electron chi connectivity index (χ2n) is 3.89. The fraction of sp³-hybridized carbons (Fsp3) is 0.214. The van der Waals surface area contributed by atoms with E-state index in [-0.39, 0.29) is 0 Å². The number of benzene rings is 2. The number of aliphatic imine (C=N–C) groups is 1. The van der Waals surface area contributed by atoms with Gasteiger partial charge in [-0.3, -0.25) is 4.99 Å². The maximum absolute atomic E-state index is 5.64. The summed E-state index contributed by atoms with van der Waals surface area (Å²) in [5.41, 5.74) is 5.51. The average Bonchev–Trinajstić information content (AvgIpc) is 2.43. The van der Waals surface area contributed by atoms with E-state index in [1.54, 1.807) is 7.05 Å². The molecule has 4 nitrogen and oxygen atoms in total. The van der Waals surface area contributed by atoms with Crippen molar-refractivity contribution in [2.45, 2.75) is 0 Å². The van der Waals surface area contributed by atoms with Crippen LogP contribution in [0.15, 0.2) is 47.5 Å². The number of ether oxygens (including phenoxy) is 1. The summed E-state index contributed by atoms with van der Waals surface area (Å²) in [7, 11) is 1.65. The van der Waals surface area contributed by atoms with Gasteiger partial charge in [-0.15, -0.1) is 0 Å². The van der Waals surface area contributed by atoms with Gasteiger partial charge in [0, 0.05) is 7.05 Å². The molecule has 0 saturated carbocycles. The van der Waals surface area contributed by atoms with Gasteiger partial charge in [-0.05, 0) is 22.9 Å². The molecule has 0 atom stereocenters. The zero-order valence-corrected chi connectivity index (χ0v) is 10.4. The molecule has 0 spiro atoms. The Morgan fingerprint density at radius 1 is 1.22 bits per heavy atom. The summed E-state index contributed by atoms with van der Waals surface area (Å²) in [6.07, 6.45) is 0. The van der Waals surface area contributed by atoms with Crippen molar-refractivity contribution in [1.29, 1.82) is 0 Å². The van der Waals surface area contributed by atoms with Crippen LogP contribution in [0.4, 0.5) is 0 Å². The summed E-state index contributed by atoms with van der Waals surface area (Å²) in [4.78, 5) is 3.80. The molecule has 0 aliphatic heterocycles. The predicted molar refractivity (Wildman–Crippen MR) is 75.0 cm³/mol. The number of hydrogen-bond acceptors (Lipinski definition) is 2. The van der Waals surface area contributed by atoms with Crippen molar-refractivity contribution in [3.63, 3.8) is 0 Å². The van der Waals surface area contributed by atoms with Crippen LogP contribution in [-0.4, -0.2) is 26.2 Å². The first kappa shape index (κ1) is 12.2. The molecule has 0 aliphatic carbocycles. The third kappa shape index (κ3) is 3.13. The van der Waals surface area contributed by atoms with Gasteiger partial charge >= 0.3 is 0 Å². The number of nitrogens with zero attached hydrogens (tertiary/aromatic N) is 1. The Morgan fingerprint density at radius 2 is 2.00 bits per heavy atom. The maximum Gasteiger partial charge on any atom is 0.188 e. The van der Waals surface area contributed by atoms with E-state index in [0.717, 1.165) is 5.75 Å². The second-order valence-corrected chi connectivity index (χ2v) is 3.89. The van der Waals surface area contributed by atoms with E-state index in [1.165, 1.54) is 10.8 Å². The lowest BCUT2D eigenvalue weighted by Crippen LogP contribution is -2.34. The number of nitrogens with one attached hydrogen (secondary N) is 1. The van der Waals surface area contributed by atoms with Gasteiger partial charge < -0.3 is 15.8 Å². The monoisotopic (exact) mass is 243 g/mol. The maximum atomic E-state index is 5.64. The van der Waals surface area contributed by atoms with Crippen LogP contribution in [0.3, 0.4) is 0 Å². The minimum Gasteiger partial charge on any atom is -0.492 e. The minimum absolute atomic E-state index is 0.428. The predicted octanol–water partition coefficient (Wildman–Crippen LogP) is 1.75. The molecular formula is C14H17N3O. The molecule has 18 heavy (non-hydrogen) atoms. The number of nitrogens with two attached hydrogens (primary N) is 1. The summed E-state index contributed by atoms with van der Waals surface area (Å²) in [5, 5.41) is 5.33. The molecule has 0 unspecified atom stereocenters. The molecule has 2 aromatic rings. The van der Waals surface area contributed by atoms with Crippen LogP contribution < -0.4 is 15.8 Å². The Balaban J connectivity index is 1.92. The summed E-state index contributed by atoms with van der Waals surface area (Å²) in [5.74, 6) is 1.29. The number of guanidine groups is 1. The normalized spacial score (nSPS) is 11.5. The van der Waals surface area contributed by atoms with Crippen molar-refractivity contribution in [3.05, 3.63) is 42.5 Å². The molecule has 0 saturated heterocycles. The van der Waals surface area contributed by atoms with Gasteiger partial charge in [-0.25, -0.2) is 0 Å². The molecule has 2 rings (SSSR count). The lowest BCUT2D eigenvalue weighted by atomic mass is 10.1. The summed E-state index contributed by atoms with van der Waals surface area (Å²) in [6, 6.07) is 14.3. The van der Waals surface area contributed by atoms with Crippen molar-refractivity contribution in [3.8, 4) is 5.75 Å². The summed E-state index contributed by atoms with van der Waals surface area (Å²) < 4.78 is 5.64. The first-order chi connectivity index (χ1) is 8.79. The van der Waals surface area contributed by atoms with Gasteiger partial charge in [0.05, 0.1) is 6.54 Å². The molecule has 0 amide bonds. The van der Waals surface area contributed by atoms with Crippen LogP contribution in [0.25, 0.3) is 10.8 Å². The number of hydrogen-bond donors (Lipinski definition) is 2. The highest BCUT2D eigenvalue weighted by molar-refractivity contribution is 5.83. The van der Waals surface area contributed by atoms with Gasteiger partial charge in [0.15, 0.2) is 5.96 Å². The SMILES string of the molecule is CN=C(N)NCCOc1ccc2ccccc2c1. The molecule has 0 fully saturated rings. The fourth-order valence-corrected chi connectivity index (χ4v) is 1.68. The fourth-order valence-electron chi connectivity index (χ4n) is 1.68. The lowest BCUT2D eigenvalue weighted by Gasteiger charge is -2.08. The highest BCUT2D eigenvalue weighted by Gasteiger charge is 1.97. The van der Waals surface area contributed by atoms with Crippen molar-refractivity contribution in [2.75, 3.05) is 20.2 Å². The van der Waals surface area contributed by atoms with E-state index >= 15 is 0 Å². The molecular weight excluding hydrogens is 226 g/mol. The largest absolute Gasteiger partial charge is 0.492 e. The minimum atomic E-state index is 0.428. The highest BCUT2D eigenvalue weighted by Crippen LogP contribution is 2.20. The molecule has 0 bridgehead atoms. The first-order valence-corrected chi connectivity index (χ1v) is 5.87. The van der Waals surface area contributed by atoms with Crippen LogP contribution in [0.2, 0.25) is 0 Å². The van der Waals surface area contributed by atoms with E-state index in [4.69, 9.17) is 10.5 Å². The van der Waals surface area contributed by atoms with Crippen LogP contribution in [0.1, 0.15) is 0 Å². The van der Waals surface area contributed by atoms with E-state index < -0.39 is 0 Å². The van der Waals surface area contributed by atoms with Gasteiger partial charge in [0.2, 0.25) is 0 Å². The standard InChI is InChI=1S/C14H17N3O/c1-16-14(15)17-8-9-18-13-7-6-11-4-2-3-5-12(11)10-13/h2-7,10H,8-9H2,1H3,(H3,15,16,17). The quantitative estimate of drug-likeness (QED) is 0.488. The van der Waals surface area contributed by atoms with Crippen LogP contribution >= 0.6 is 0 Å². The molecule has 0 aliphatic rings. The lowest BCUT2D eigenvalue weighted by molar-refractivity contribution is 0.323. The summed E-state index contributed by atoms with van der Waals surface area (Å²) in [6.45, 7) is 1.19. The van der Waals surface area contributed by atoms with Gasteiger partial charge in [0.25, 0.3) is 0 Å². The van der Waals surface area contributed by atoms with E-state index in [2.05, 4.69) is 28.5 Å². The second kappa shape index (κ2) is 5.91. The van der Waals surface area contributed by atoms with Crippen LogP contribution in [0.5, 0.6) is 5.75 Å². The Hall–Kier alpha value is -2.23. The first-order valence-electron chi connectivity index (χ1n) is 5.87. The van der Waals surface area contributed by atoms with E-state index in [1.807, 2.05) is 24.3 Å². The Kier molecular flexibility index (Phi) is 4.02. The molecule has 3 N–H and O–H groups in total. The Morgan fingerprint density at radius 3 is 2.78 bits per heavy atom. The third-order valence-electron chi connectivity index (χ3n) is 2.64.